The molecule has 0 heterocycles. The van der Waals surface area contributed by atoms with Crippen molar-refractivity contribution in [1.82, 2.24) is 10.2 Å². The van der Waals surface area contributed by atoms with Gasteiger partial charge in [-0.2, -0.15) is 0 Å². The van der Waals surface area contributed by atoms with E-state index >= 15 is 0 Å². The number of hydrogen-bond donors (Lipinski definition) is 1. The minimum atomic E-state index is -0.292. The van der Waals surface area contributed by atoms with E-state index in [0.717, 1.165) is 11.3 Å². The van der Waals surface area contributed by atoms with Gasteiger partial charge in [-0.15, -0.1) is 0 Å². The lowest BCUT2D eigenvalue weighted by Crippen LogP contribution is -2.45. The molecule has 26 heavy (non-hydrogen) atoms. The van der Waals surface area contributed by atoms with Crippen LogP contribution in [0.5, 0.6) is 5.75 Å². The highest BCUT2D eigenvalue weighted by molar-refractivity contribution is 5.81. The Morgan fingerprint density at radius 2 is 1.73 bits per heavy atom. The fourth-order valence-corrected chi connectivity index (χ4v) is 2.50. The van der Waals surface area contributed by atoms with Crippen LogP contribution in [0.4, 0.5) is 4.39 Å². The summed E-state index contributed by atoms with van der Waals surface area (Å²) in [5.41, 5.74) is 2.06. The second kappa shape index (κ2) is 9.34. The van der Waals surface area contributed by atoms with Gasteiger partial charge in [-0.3, -0.25) is 9.69 Å². The molecule has 0 fully saturated rings. The van der Waals surface area contributed by atoms with Crippen molar-refractivity contribution in [3.8, 4) is 5.75 Å². The van der Waals surface area contributed by atoms with Gasteiger partial charge in [0.15, 0.2) is 0 Å². The van der Waals surface area contributed by atoms with E-state index in [9.17, 15) is 9.18 Å². The quantitative estimate of drug-likeness (QED) is 0.782. The summed E-state index contributed by atoms with van der Waals surface area (Å²) in [6.45, 7) is 6.92. The van der Waals surface area contributed by atoms with Gasteiger partial charge in [-0.1, -0.05) is 29.8 Å². The number of rotatable bonds is 8. The largest absolute Gasteiger partial charge is 0.492 e. The van der Waals surface area contributed by atoms with Crippen LogP contribution >= 0.6 is 0 Å². The minimum absolute atomic E-state index is 0.0698. The first-order valence-corrected chi connectivity index (χ1v) is 8.82. The number of nitrogens with one attached hydrogen (secondary N) is 1. The van der Waals surface area contributed by atoms with Crippen LogP contribution in [0.15, 0.2) is 48.5 Å². The number of benzene rings is 2. The third kappa shape index (κ3) is 5.85. The van der Waals surface area contributed by atoms with Crippen LogP contribution in [-0.2, 0) is 4.79 Å². The minimum Gasteiger partial charge on any atom is -0.492 e. The molecule has 0 aliphatic heterocycles. The highest BCUT2D eigenvalue weighted by Crippen LogP contribution is 2.14. The van der Waals surface area contributed by atoms with Crippen molar-refractivity contribution in [2.24, 2.45) is 0 Å². The van der Waals surface area contributed by atoms with Crippen molar-refractivity contribution in [2.75, 3.05) is 20.2 Å². The Balaban J connectivity index is 1.78. The molecule has 0 saturated heterocycles. The number of carbonyl (C=O) groups excluding carboxylic acids is 1. The zero-order chi connectivity index (χ0) is 19.1. The predicted octanol–water partition coefficient (Wildman–Crippen LogP) is 3.71. The van der Waals surface area contributed by atoms with E-state index < -0.39 is 0 Å². The van der Waals surface area contributed by atoms with Gasteiger partial charge in [0.05, 0.1) is 12.1 Å². The molecule has 2 atom stereocenters. The van der Waals surface area contributed by atoms with Gasteiger partial charge in [-0.05, 0) is 57.6 Å². The SMILES string of the molecule is Cc1ccc(OCCN(C)C(C)C(=O)NC(C)c2ccc(F)cc2)cc1. The van der Waals surface area contributed by atoms with Crippen LogP contribution in [0.25, 0.3) is 0 Å². The normalized spacial score (nSPS) is 13.3. The number of amides is 1. The molecule has 2 rings (SSSR count). The molecule has 2 unspecified atom stereocenters. The summed E-state index contributed by atoms with van der Waals surface area (Å²) in [6, 6.07) is 13.6. The predicted molar refractivity (Wildman–Crippen MR) is 102 cm³/mol. The fourth-order valence-electron chi connectivity index (χ4n) is 2.50. The number of halogens is 1. The zero-order valence-electron chi connectivity index (χ0n) is 15.8. The first-order chi connectivity index (χ1) is 12.4. The van der Waals surface area contributed by atoms with Crippen molar-refractivity contribution < 1.29 is 13.9 Å². The second-order valence-electron chi connectivity index (χ2n) is 6.60. The van der Waals surface area contributed by atoms with Gasteiger partial charge in [-0.25, -0.2) is 4.39 Å². The third-order valence-electron chi connectivity index (χ3n) is 4.50. The molecule has 0 radical (unpaired) electrons. The Morgan fingerprint density at radius 3 is 2.35 bits per heavy atom. The maximum absolute atomic E-state index is 13.0. The van der Waals surface area contributed by atoms with Crippen molar-refractivity contribution in [3.05, 3.63) is 65.5 Å². The highest BCUT2D eigenvalue weighted by Gasteiger charge is 2.20. The Labute approximate surface area is 155 Å². The van der Waals surface area contributed by atoms with Gasteiger partial charge in [0.1, 0.15) is 18.2 Å². The Morgan fingerprint density at radius 1 is 1.12 bits per heavy atom. The molecular weight excluding hydrogens is 331 g/mol. The monoisotopic (exact) mass is 358 g/mol. The molecule has 0 aliphatic rings. The van der Waals surface area contributed by atoms with E-state index in [1.54, 1.807) is 12.1 Å². The van der Waals surface area contributed by atoms with Gasteiger partial charge in [0.25, 0.3) is 0 Å². The number of ether oxygens (including phenoxy) is 1. The van der Waals surface area contributed by atoms with E-state index in [1.165, 1.54) is 17.7 Å². The lowest BCUT2D eigenvalue weighted by atomic mass is 10.1. The molecule has 2 aromatic carbocycles. The molecule has 0 saturated carbocycles. The summed E-state index contributed by atoms with van der Waals surface area (Å²) < 4.78 is 18.7. The van der Waals surface area contributed by atoms with Crippen LogP contribution in [0.1, 0.15) is 31.0 Å². The topological polar surface area (TPSA) is 41.6 Å². The number of carbonyl (C=O) groups is 1. The van der Waals surface area contributed by atoms with Crippen molar-refractivity contribution in [1.29, 1.82) is 0 Å². The van der Waals surface area contributed by atoms with E-state index in [4.69, 9.17) is 4.74 Å². The molecule has 0 aromatic heterocycles. The summed E-state index contributed by atoms with van der Waals surface area (Å²) in [4.78, 5) is 14.4. The maximum atomic E-state index is 13.0. The Hall–Kier alpha value is -2.40. The van der Waals surface area contributed by atoms with Crippen LogP contribution < -0.4 is 10.1 Å². The molecule has 4 nitrogen and oxygen atoms in total. The summed E-state index contributed by atoms with van der Waals surface area (Å²) in [5.74, 6) is 0.472. The Bertz CT molecular complexity index is 701. The van der Waals surface area contributed by atoms with Crippen LogP contribution in [0.2, 0.25) is 0 Å². The van der Waals surface area contributed by atoms with E-state index in [-0.39, 0.29) is 23.8 Å². The van der Waals surface area contributed by atoms with E-state index in [1.807, 2.05) is 57.0 Å². The van der Waals surface area contributed by atoms with E-state index in [0.29, 0.717) is 13.2 Å². The molecule has 0 spiro atoms. The number of nitrogens with zero attached hydrogens (tertiary/aromatic N) is 1. The van der Waals surface area contributed by atoms with Crippen molar-refractivity contribution in [3.63, 3.8) is 0 Å². The average Bonchev–Trinajstić information content (AvgIpc) is 2.63. The lowest BCUT2D eigenvalue weighted by molar-refractivity contribution is -0.126. The summed E-state index contributed by atoms with van der Waals surface area (Å²) in [6.07, 6.45) is 0. The van der Waals surface area contributed by atoms with Gasteiger partial charge >= 0.3 is 0 Å². The fraction of sp³-hybridized carbons (Fsp3) is 0.381. The zero-order valence-corrected chi connectivity index (χ0v) is 15.8. The maximum Gasteiger partial charge on any atom is 0.237 e. The van der Waals surface area contributed by atoms with Crippen LogP contribution in [0.3, 0.4) is 0 Å². The molecule has 0 bridgehead atoms. The highest BCUT2D eigenvalue weighted by atomic mass is 19.1. The van der Waals surface area contributed by atoms with E-state index in [2.05, 4.69) is 5.32 Å². The van der Waals surface area contributed by atoms with Crippen LogP contribution in [-0.4, -0.2) is 37.0 Å². The smallest absolute Gasteiger partial charge is 0.237 e. The first-order valence-electron chi connectivity index (χ1n) is 8.82. The number of likely N-dealkylation sites (N-methyl/N-ethyl adjacent to an activating group) is 1. The lowest BCUT2D eigenvalue weighted by Gasteiger charge is -2.25. The number of aryl methyl sites for hydroxylation is 1. The molecular formula is C21H27FN2O2. The van der Waals surface area contributed by atoms with Crippen LogP contribution in [0, 0.1) is 12.7 Å². The summed E-state index contributed by atoms with van der Waals surface area (Å²) in [5, 5.41) is 2.97. The van der Waals surface area contributed by atoms with Gasteiger partial charge in [0, 0.05) is 6.54 Å². The molecule has 0 aliphatic carbocycles. The molecule has 2 aromatic rings. The molecule has 1 N–H and O–H groups in total. The standard InChI is InChI=1S/C21H27FN2O2/c1-15-5-11-20(12-6-15)26-14-13-24(4)17(3)21(25)23-16(2)18-7-9-19(22)10-8-18/h5-12,16-17H,13-14H2,1-4H3,(H,23,25). The van der Waals surface area contributed by atoms with Gasteiger partial charge < -0.3 is 10.1 Å². The number of hydrogen-bond acceptors (Lipinski definition) is 3. The third-order valence-corrected chi connectivity index (χ3v) is 4.50. The Kier molecular flexibility index (Phi) is 7.16. The second-order valence-corrected chi connectivity index (χ2v) is 6.60. The molecule has 5 heteroatoms. The van der Waals surface area contributed by atoms with Crippen molar-refractivity contribution in [2.45, 2.75) is 32.9 Å². The average molecular weight is 358 g/mol. The molecule has 140 valence electrons. The first kappa shape index (κ1) is 19.9. The summed E-state index contributed by atoms with van der Waals surface area (Å²) >= 11 is 0. The van der Waals surface area contributed by atoms with Crippen molar-refractivity contribution >= 4 is 5.91 Å². The summed E-state index contributed by atoms with van der Waals surface area (Å²) in [7, 11) is 1.89. The molecule has 1 amide bonds. The van der Waals surface area contributed by atoms with Gasteiger partial charge in [0.2, 0.25) is 5.91 Å².